The van der Waals surface area contributed by atoms with E-state index in [9.17, 15) is 14.7 Å². The highest BCUT2D eigenvalue weighted by Crippen LogP contribution is 2.25. The molecule has 1 heterocycles. The van der Waals surface area contributed by atoms with Crippen molar-refractivity contribution < 1.29 is 24.6 Å². The number of benzene rings is 1. The van der Waals surface area contributed by atoms with Gasteiger partial charge in [-0.15, -0.1) is 0 Å². The number of carboxylic acid groups (broad SMARTS) is 2. The summed E-state index contributed by atoms with van der Waals surface area (Å²) < 4.78 is 0. The summed E-state index contributed by atoms with van der Waals surface area (Å²) >= 11 is 0. The topological polar surface area (TPSA) is 121 Å². The molecular formula is C16H20N2O5. The van der Waals surface area contributed by atoms with Crippen LogP contribution in [0.3, 0.4) is 0 Å². The molecule has 124 valence electrons. The number of hydrogen-bond donors (Lipinski definition) is 3. The van der Waals surface area contributed by atoms with Crippen LogP contribution in [0.2, 0.25) is 0 Å². The van der Waals surface area contributed by atoms with Crippen molar-refractivity contribution >= 4 is 24.4 Å². The Kier molecular flexibility index (Phi) is 6.95. The largest absolute Gasteiger partial charge is 0.483 e. The van der Waals surface area contributed by atoms with Crippen LogP contribution in [-0.2, 0) is 14.4 Å². The molecule has 0 bridgehead atoms. The first-order valence-corrected chi connectivity index (χ1v) is 7.02. The molecule has 1 aliphatic rings. The number of nitrogens with zero attached hydrogens (tertiary/aromatic N) is 1. The average molecular weight is 320 g/mol. The molecule has 2 rings (SSSR count). The van der Waals surface area contributed by atoms with Gasteiger partial charge >= 0.3 is 5.97 Å². The molecule has 1 fully saturated rings. The van der Waals surface area contributed by atoms with Gasteiger partial charge < -0.3 is 20.8 Å². The van der Waals surface area contributed by atoms with Gasteiger partial charge in [0.2, 0.25) is 5.91 Å². The molecule has 0 spiro atoms. The van der Waals surface area contributed by atoms with E-state index in [1.165, 1.54) is 4.90 Å². The normalized spacial score (nSPS) is 19.7. The van der Waals surface area contributed by atoms with Crippen molar-refractivity contribution in [3.05, 3.63) is 41.5 Å². The van der Waals surface area contributed by atoms with Crippen molar-refractivity contribution in [2.75, 3.05) is 6.54 Å². The highest BCUT2D eigenvalue weighted by molar-refractivity contribution is 5.88. The van der Waals surface area contributed by atoms with E-state index in [0.717, 1.165) is 11.1 Å². The van der Waals surface area contributed by atoms with Gasteiger partial charge in [-0.3, -0.25) is 9.59 Å². The molecular weight excluding hydrogens is 300 g/mol. The third kappa shape index (κ3) is 5.23. The van der Waals surface area contributed by atoms with Crippen LogP contribution in [0.5, 0.6) is 0 Å². The van der Waals surface area contributed by atoms with Gasteiger partial charge in [-0.25, -0.2) is 4.79 Å². The summed E-state index contributed by atoms with van der Waals surface area (Å²) in [7, 11) is 0. The van der Waals surface area contributed by atoms with Gasteiger partial charge in [-0.2, -0.15) is 0 Å². The lowest BCUT2D eigenvalue weighted by Gasteiger charge is -2.22. The molecule has 0 aliphatic carbocycles. The van der Waals surface area contributed by atoms with Gasteiger partial charge in [0.1, 0.15) is 6.04 Å². The van der Waals surface area contributed by atoms with E-state index in [2.05, 4.69) is 0 Å². The maximum Gasteiger partial charge on any atom is 0.326 e. The quantitative estimate of drug-likeness (QED) is 0.708. The maximum absolute atomic E-state index is 12.0. The van der Waals surface area contributed by atoms with Gasteiger partial charge in [0.15, 0.2) is 0 Å². The third-order valence-electron chi connectivity index (χ3n) is 3.33. The molecule has 23 heavy (non-hydrogen) atoms. The highest BCUT2D eigenvalue weighted by atomic mass is 16.4. The Morgan fingerprint density at radius 1 is 1.35 bits per heavy atom. The van der Waals surface area contributed by atoms with E-state index in [4.69, 9.17) is 15.6 Å². The van der Waals surface area contributed by atoms with E-state index >= 15 is 0 Å². The van der Waals surface area contributed by atoms with Crippen LogP contribution < -0.4 is 5.73 Å². The minimum absolute atomic E-state index is 0.250. The fraction of sp³-hybridized carbons (Fsp3) is 0.312. The molecule has 1 aromatic carbocycles. The zero-order valence-electron chi connectivity index (χ0n) is 12.8. The number of carboxylic acids is 1. The summed E-state index contributed by atoms with van der Waals surface area (Å²) in [5, 5.41) is 16.1. The summed E-state index contributed by atoms with van der Waals surface area (Å²) in [4.78, 5) is 33.0. The summed E-state index contributed by atoms with van der Waals surface area (Å²) in [5.74, 6) is -1.32. The van der Waals surface area contributed by atoms with Gasteiger partial charge in [0, 0.05) is 13.0 Å². The Balaban J connectivity index is 0.000000816. The Labute approximate surface area is 134 Å². The van der Waals surface area contributed by atoms with E-state index in [1.54, 1.807) is 6.92 Å². The Bertz CT molecular complexity index is 583. The van der Waals surface area contributed by atoms with E-state index in [1.807, 2.05) is 36.4 Å². The smallest absolute Gasteiger partial charge is 0.326 e. The first kappa shape index (κ1) is 18.4. The SMILES string of the molecule is C[C@H](N)C(=O)N1CC(=Cc2ccccc2)C[C@H]1C(=O)O.O=CO. The van der Waals surface area contributed by atoms with Crippen LogP contribution in [-0.4, -0.2) is 52.1 Å². The summed E-state index contributed by atoms with van der Waals surface area (Å²) in [6.45, 7) is 1.65. The molecule has 7 nitrogen and oxygen atoms in total. The number of nitrogens with two attached hydrogens (primary N) is 1. The fourth-order valence-corrected chi connectivity index (χ4v) is 2.36. The molecule has 1 aliphatic heterocycles. The molecule has 1 amide bonds. The van der Waals surface area contributed by atoms with Crippen molar-refractivity contribution in [3.8, 4) is 0 Å². The minimum atomic E-state index is -0.990. The Hall–Kier alpha value is -2.67. The van der Waals surface area contributed by atoms with E-state index in [0.29, 0.717) is 13.0 Å². The number of aliphatic carboxylic acids is 1. The van der Waals surface area contributed by atoms with E-state index in [-0.39, 0.29) is 12.4 Å². The monoisotopic (exact) mass is 320 g/mol. The van der Waals surface area contributed by atoms with E-state index < -0.39 is 18.1 Å². The fourth-order valence-electron chi connectivity index (χ4n) is 2.36. The van der Waals surface area contributed by atoms with Crippen LogP contribution in [0.25, 0.3) is 6.08 Å². The number of amides is 1. The molecule has 7 heteroatoms. The summed E-state index contributed by atoms with van der Waals surface area (Å²) in [5.41, 5.74) is 7.50. The lowest BCUT2D eigenvalue weighted by Crippen LogP contribution is -2.47. The standard InChI is InChI=1S/C15H18N2O3.CH2O2/c1-10(16)14(18)17-9-12(8-13(17)15(19)20)7-11-5-3-2-4-6-11;2-1-3/h2-7,10,13H,8-9,16H2,1H3,(H,19,20);1H,(H,2,3)/t10-,13-;/m0./s1. The molecule has 0 saturated carbocycles. The molecule has 1 aromatic rings. The van der Waals surface area contributed by atoms with Crippen LogP contribution in [0, 0.1) is 0 Å². The lowest BCUT2D eigenvalue weighted by molar-refractivity contribution is -0.148. The van der Waals surface area contributed by atoms with Gasteiger partial charge in [-0.1, -0.05) is 36.4 Å². The Morgan fingerprint density at radius 3 is 2.39 bits per heavy atom. The van der Waals surface area contributed by atoms with Gasteiger partial charge in [0.25, 0.3) is 6.47 Å². The second-order valence-corrected chi connectivity index (χ2v) is 5.13. The highest BCUT2D eigenvalue weighted by Gasteiger charge is 2.37. The second-order valence-electron chi connectivity index (χ2n) is 5.13. The second kappa shape index (κ2) is 8.70. The average Bonchev–Trinajstić information content (AvgIpc) is 2.92. The molecule has 0 aromatic heterocycles. The lowest BCUT2D eigenvalue weighted by atomic mass is 10.1. The van der Waals surface area contributed by atoms with Crippen molar-refractivity contribution in [1.29, 1.82) is 0 Å². The molecule has 0 unspecified atom stereocenters. The van der Waals surface area contributed by atoms with Gasteiger partial charge in [0.05, 0.1) is 6.04 Å². The van der Waals surface area contributed by atoms with Crippen LogP contribution >= 0.6 is 0 Å². The maximum atomic E-state index is 12.0. The number of carbonyl (C=O) groups is 3. The molecule has 0 radical (unpaired) electrons. The van der Waals surface area contributed by atoms with Crippen LogP contribution in [0.15, 0.2) is 35.9 Å². The van der Waals surface area contributed by atoms with Crippen LogP contribution in [0.1, 0.15) is 18.9 Å². The number of hydrogen-bond acceptors (Lipinski definition) is 4. The zero-order chi connectivity index (χ0) is 17.4. The first-order valence-electron chi connectivity index (χ1n) is 7.02. The number of rotatable bonds is 3. The van der Waals surface area contributed by atoms with Crippen molar-refractivity contribution in [2.24, 2.45) is 5.73 Å². The molecule has 1 saturated heterocycles. The summed E-state index contributed by atoms with van der Waals surface area (Å²) in [6, 6.07) is 8.14. The predicted molar refractivity (Wildman–Crippen MR) is 84.5 cm³/mol. The molecule has 4 N–H and O–H groups in total. The molecule has 2 atom stereocenters. The van der Waals surface area contributed by atoms with Crippen molar-refractivity contribution in [2.45, 2.75) is 25.4 Å². The first-order chi connectivity index (χ1) is 10.9. The number of likely N-dealkylation sites (tertiary alicyclic amines) is 1. The predicted octanol–water partition coefficient (Wildman–Crippen LogP) is 0.803. The van der Waals surface area contributed by atoms with Crippen molar-refractivity contribution in [1.82, 2.24) is 4.90 Å². The zero-order valence-corrected chi connectivity index (χ0v) is 12.8. The Morgan fingerprint density at radius 2 is 1.91 bits per heavy atom. The minimum Gasteiger partial charge on any atom is -0.483 e. The van der Waals surface area contributed by atoms with Crippen LogP contribution in [0.4, 0.5) is 0 Å². The number of carbonyl (C=O) groups excluding carboxylic acids is 1. The summed E-state index contributed by atoms with van der Waals surface area (Å²) in [6.07, 6.45) is 2.28. The third-order valence-corrected chi connectivity index (χ3v) is 3.33. The van der Waals surface area contributed by atoms with Gasteiger partial charge in [-0.05, 0) is 18.1 Å². The van der Waals surface area contributed by atoms with Crippen molar-refractivity contribution in [3.63, 3.8) is 0 Å².